The topological polar surface area (TPSA) is 123 Å². The minimum Gasteiger partial charge on any atom is -0.461 e. The van der Waals surface area contributed by atoms with Gasteiger partial charge >= 0.3 is 5.97 Å². The molecular formula is C9H11N5O3. The van der Waals surface area contributed by atoms with Gasteiger partial charge in [-0.3, -0.25) is 0 Å². The molecule has 2 rings (SSSR count). The van der Waals surface area contributed by atoms with Crippen LogP contribution in [0.5, 0.6) is 0 Å². The van der Waals surface area contributed by atoms with Gasteiger partial charge < -0.3 is 20.9 Å². The lowest BCUT2D eigenvalue weighted by Gasteiger charge is -2.21. The Morgan fingerprint density at radius 3 is 3.12 bits per heavy atom. The molecule has 0 saturated carbocycles. The van der Waals surface area contributed by atoms with Crippen LogP contribution in [0.2, 0.25) is 0 Å². The second-order valence-corrected chi connectivity index (χ2v) is 3.22. The zero-order valence-corrected chi connectivity index (χ0v) is 9.04. The number of esters is 1. The molecule has 4 N–H and O–H groups in total. The van der Waals surface area contributed by atoms with E-state index in [0.717, 1.165) is 0 Å². The van der Waals surface area contributed by atoms with Gasteiger partial charge in [-0.2, -0.15) is 0 Å². The second kappa shape index (κ2) is 4.34. The molecule has 0 radical (unpaired) electrons. The van der Waals surface area contributed by atoms with Crippen molar-refractivity contribution in [3.63, 3.8) is 0 Å². The third-order valence-corrected chi connectivity index (χ3v) is 2.10. The molecule has 17 heavy (non-hydrogen) atoms. The molecule has 0 aromatic carbocycles. The predicted molar refractivity (Wildman–Crippen MR) is 59.8 cm³/mol. The first-order chi connectivity index (χ1) is 8.13. The number of rotatable bonds is 2. The number of fused-ring (bicyclic) bond motifs is 1. The van der Waals surface area contributed by atoms with E-state index in [1.165, 1.54) is 6.33 Å². The van der Waals surface area contributed by atoms with E-state index in [2.05, 4.69) is 20.3 Å². The van der Waals surface area contributed by atoms with Crippen LogP contribution in [0.25, 0.3) is 0 Å². The number of anilines is 2. The average molecular weight is 237 g/mol. The van der Waals surface area contributed by atoms with Crippen LogP contribution in [0.15, 0.2) is 11.3 Å². The van der Waals surface area contributed by atoms with Gasteiger partial charge in [0.05, 0.1) is 6.61 Å². The van der Waals surface area contributed by atoms with Crippen LogP contribution in [0.1, 0.15) is 6.92 Å². The Balaban J connectivity index is 2.41. The number of aromatic nitrogens is 2. The average Bonchev–Trinajstić information content (AvgIpc) is 2.29. The summed E-state index contributed by atoms with van der Waals surface area (Å²) in [7, 11) is 0. The van der Waals surface area contributed by atoms with Gasteiger partial charge in [-0.05, 0) is 6.92 Å². The quantitative estimate of drug-likeness (QED) is 0.589. The fourth-order valence-electron chi connectivity index (χ4n) is 1.35. The Hall–Kier alpha value is -2.22. The number of hydrogen-bond donors (Lipinski definition) is 3. The Bertz CT molecular complexity index is 488. The zero-order valence-electron chi connectivity index (χ0n) is 9.04. The van der Waals surface area contributed by atoms with Gasteiger partial charge in [-0.1, -0.05) is 0 Å². The summed E-state index contributed by atoms with van der Waals surface area (Å²) in [5, 5.41) is 12.2. The fraction of sp³-hybridized carbons (Fsp3) is 0.333. The number of aliphatic imine (C=N–C) groups is 1. The van der Waals surface area contributed by atoms with Crippen LogP contribution in [0.4, 0.5) is 17.3 Å². The van der Waals surface area contributed by atoms with Crippen molar-refractivity contribution in [2.45, 2.75) is 13.2 Å². The number of carbonyl (C=O) groups excluding carboxylic acids is 1. The third-order valence-electron chi connectivity index (χ3n) is 2.10. The van der Waals surface area contributed by atoms with Crippen molar-refractivity contribution < 1.29 is 14.6 Å². The number of carbonyl (C=O) groups is 1. The molecule has 2 heterocycles. The standard InChI is InChI=1S/C9H11N5O3/c1-2-17-9(16)5-8(15)14-7-4(13-5)6(10)11-3-12-7/h3,8,15H,2H2,1H3,(H3,10,11,12,14). The molecular weight excluding hydrogens is 226 g/mol. The predicted octanol–water partition coefficient (Wildman–Crippen LogP) is -0.562. The number of nitrogens with one attached hydrogen (secondary N) is 1. The SMILES string of the molecule is CCOC(=O)C1=Nc2c(N)ncnc2NC1O. The maximum atomic E-state index is 11.5. The Labute approximate surface area is 96.5 Å². The first-order valence-corrected chi connectivity index (χ1v) is 4.94. The first-order valence-electron chi connectivity index (χ1n) is 4.94. The normalized spacial score (nSPS) is 17.8. The van der Waals surface area contributed by atoms with Gasteiger partial charge in [0.15, 0.2) is 23.6 Å². The Morgan fingerprint density at radius 1 is 1.65 bits per heavy atom. The van der Waals surface area contributed by atoms with Crippen molar-refractivity contribution in [3.05, 3.63) is 6.33 Å². The van der Waals surface area contributed by atoms with Gasteiger partial charge in [0.1, 0.15) is 12.0 Å². The fourth-order valence-corrected chi connectivity index (χ4v) is 1.35. The highest BCUT2D eigenvalue weighted by molar-refractivity contribution is 6.39. The number of nitrogen functional groups attached to an aromatic ring is 1. The maximum Gasteiger partial charge on any atom is 0.357 e. The molecule has 1 aliphatic heterocycles. The van der Waals surface area contributed by atoms with E-state index < -0.39 is 12.2 Å². The minimum absolute atomic E-state index is 0.121. The van der Waals surface area contributed by atoms with Crippen molar-refractivity contribution in [2.75, 3.05) is 17.7 Å². The molecule has 1 aliphatic rings. The molecule has 8 heteroatoms. The van der Waals surface area contributed by atoms with Crippen LogP contribution in [-0.2, 0) is 9.53 Å². The summed E-state index contributed by atoms with van der Waals surface area (Å²) in [6.45, 7) is 1.85. The summed E-state index contributed by atoms with van der Waals surface area (Å²) in [6, 6.07) is 0. The van der Waals surface area contributed by atoms with Crippen molar-refractivity contribution in [3.8, 4) is 0 Å². The summed E-state index contributed by atoms with van der Waals surface area (Å²) in [6.07, 6.45) is -0.0328. The van der Waals surface area contributed by atoms with Crippen LogP contribution in [0.3, 0.4) is 0 Å². The molecule has 0 spiro atoms. The van der Waals surface area contributed by atoms with Crippen molar-refractivity contribution in [1.82, 2.24) is 9.97 Å². The molecule has 0 bridgehead atoms. The Kier molecular flexibility index (Phi) is 2.88. The zero-order chi connectivity index (χ0) is 12.4. The smallest absolute Gasteiger partial charge is 0.357 e. The molecule has 90 valence electrons. The van der Waals surface area contributed by atoms with E-state index in [4.69, 9.17) is 10.5 Å². The molecule has 1 aromatic heterocycles. The maximum absolute atomic E-state index is 11.5. The van der Waals surface area contributed by atoms with E-state index in [0.29, 0.717) is 0 Å². The van der Waals surface area contributed by atoms with Crippen molar-refractivity contribution in [2.24, 2.45) is 4.99 Å². The van der Waals surface area contributed by atoms with Crippen LogP contribution in [-0.4, -0.2) is 39.6 Å². The molecule has 1 unspecified atom stereocenters. The van der Waals surface area contributed by atoms with Crippen LogP contribution >= 0.6 is 0 Å². The molecule has 1 atom stereocenters. The summed E-state index contributed by atoms with van der Waals surface area (Å²) >= 11 is 0. The van der Waals surface area contributed by atoms with Gasteiger partial charge in [0.25, 0.3) is 0 Å². The Morgan fingerprint density at radius 2 is 2.41 bits per heavy atom. The molecule has 0 saturated heterocycles. The molecule has 0 amide bonds. The van der Waals surface area contributed by atoms with E-state index in [9.17, 15) is 9.90 Å². The number of ether oxygens (including phenoxy) is 1. The van der Waals surface area contributed by atoms with Gasteiger partial charge in [-0.25, -0.2) is 19.8 Å². The van der Waals surface area contributed by atoms with E-state index >= 15 is 0 Å². The summed E-state index contributed by atoms with van der Waals surface area (Å²) in [4.78, 5) is 23.0. The van der Waals surface area contributed by atoms with E-state index in [1.54, 1.807) is 6.92 Å². The van der Waals surface area contributed by atoms with E-state index in [-0.39, 0.29) is 29.6 Å². The number of aliphatic hydroxyl groups is 1. The lowest BCUT2D eigenvalue weighted by atomic mass is 10.2. The van der Waals surface area contributed by atoms with Crippen LogP contribution < -0.4 is 11.1 Å². The number of nitrogens with two attached hydrogens (primary N) is 1. The van der Waals surface area contributed by atoms with Crippen LogP contribution in [0, 0.1) is 0 Å². The highest BCUT2D eigenvalue weighted by Crippen LogP contribution is 2.31. The van der Waals surface area contributed by atoms with Crippen molar-refractivity contribution >= 4 is 29.0 Å². The highest BCUT2D eigenvalue weighted by atomic mass is 16.5. The molecule has 0 fully saturated rings. The number of hydrogen-bond acceptors (Lipinski definition) is 8. The molecule has 8 nitrogen and oxygen atoms in total. The van der Waals surface area contributed by atoms with E-state index in [1.807, 2.05) is 0 Å². The second-order valence-electron chi connectivity index (χ2n) is 3.22. The first kappa shape index (κ1) is 11.3. The van der Waals surface area contributed by atoms with Gasteiger partial charge in [-0.15, -0.1) is 0 Å². The minimum atomic E-state index is -1.27. The largest absolute Gasteiger partial charge is 0.461 e. The summed E-state index contributed by atoms with van der Waals surface area (Å²) in [5.41, 5.74) is 5.65. The monoisotopic (exact) mass is 237 g/mol. The van der Waals surface area contributed by atoms with Gasteiger partial charge in [0, 0.05) is 0 Å². The number of aliphatic hydroxyl groups excluding tert-OH is 1. The van der Waals surface area contributed by atoms with Gasteiger partial charge in [0.2, 0.25) is 0 Å². The van der Waals surface area contributed by atoms with Crippen molar-refractivity contribution in [1.29, 1.82) is 0 Å². The summed E-state index contributed by atoms with van der Waals surface area (Å²) < 4.78 is 4.76. The summed E-state index contributed by atoms with van der Waals surface area (Å²) in [5.74, 6) is -0.310. The lowest BCUT2D eigenvalue weighted by molar-refractivity contribution is -0.135. The highest BCUT2D eigenvalue weighted by Gasteiger charge is 2.28. The lowest BCUT2D eigenvalue weighted by Crippen LogP contribution is -2.38. The molecule has 1 aromatic rings. The third kappa shape index (κ3) is 2.02. The number of nitrogens with zero attached hydrogens (tertiary/aromatic N) is 3. The molecule has 0 aliphatic carbocycles.